The first-order chi connectivity index (χ1) is 5.61. The van der Waals surface area contributed by atoms with E-state index in [2.05, 4.69) is 15.9 Å². The molecule has 0 saturated heterocycles. The van der Waals surface area contributed by atoms with E-state index in [0.717, 1.165) is 4.47 Å². The molecule has 2 atom stereocenters. The van der Waals surface area contributed by atoms with Crippen LogP contribution >= 0.6 is 27.5 Å². The topological polar surface area (TPSA) is 37.3 Å². The van der Waals surface area contributed by atoms with E-state index in [1.165, 1.54) is 0 Å². The van der Waals surface area contributed by atoms with Crippen LogP contribution in [-0.4, -0.2) is 8.76 Å². The zero-order valence-electron chi connectivity index (χ0n) is 5.91. The predicted octanol–water partition coefficient (Wildman–Crippen LogP) is 2.91. The molecule has 0 fully saturated rings. The Labute approximate surface area is 86.3 Å². The molecule has 0 aliphatic carbocycles. The Morgan fingerprint density at radius 2 is 1.92 bits per heavy atom. The molecule has 5 heteroatoms. The molecule has 0 radical (unpaired) electrons. The van der Waals surface area contributed by atoms with Crippen molar-refractivity contribution in [1.29, 1.82) is 0 Å². The second-order valence-corrected chi connectivity index (χ2v) is 4.78. The van der Waals surface area contributed by atoms with E-state index in [9.17, 15) is 4.21 Å². The van der Waals surface area contributed by atoms with Gasteiger partial charge < -0.3 is 4.55 Å². The van der Waals surface area contributed by atoms with E-state index in [-0.39, 0.29) is 0 Å². The molecular weight excluding hydrogens is 263 g/mol. The van der Waals surface area contributed by atoms with Gasteiger partial charge in [-0.25, -0.2) is 4.21 Å². The first kappa shape index (κ1) is 10.2. The molecular formula is C7H6BrClO2S. The first-order valence-electron chi connectivity index (χ1n) is 3.10. The standard InChI is InChI=1S/C7H6BrClO2S/c8-6-3-1-5(2-4-6)7(9)12(10)11/h1-4,7H,(H,10,11). The van der Waals surface area contributed by atoms with Crippen LogP contribution in [-0.2, 0) is 11.1 Å². The minimum Gasteiger partial charge on any atom is -0.305 e. The van der Waals surface area contributed by atoms with Gasteiger partial charge in [-0.05, 0) is 17.7 Å². The predicted molar refractivity (Wildman–Crippen MR) is 53.5 cm³/mol. The minimum absolute atomic E-state index is 0.640. The van der Waals surface area contributed by atoms with E-state index >= 15 is 0 Å². The van der Waals surface area contributed by atoms with Crippen LogP contribution in [0.1, 0.15) is 10.3 Å². The molecule has 0 heterocycles. The van der Waals surface area contributed by atoms with Gasteiger partial charge in [0.15, 0.2) is 15.8 Å². The molecule has 0 bridgehead atoms. The Bertz CT molecular complexity index is 288. The van der Waals surface area contributed by atoms with Gasteiger partial charge in [0.25, 0.3) is 0 Å². The maximum atomic E-state index is 10.6. The lowest BCUT2D eigenvalue weighted by atomic mass is 10.2. The Hall–Kier alpha value is 0.1000. The number of alkyl halides is 1. The van der Waals surface area contributed by atoms with Gasteiger partial charge in [-0.2, -0.15) is 0 Å². The molecule has 0 saturated carbocycles. The number of benzene rings is 1. The largest absolute Gasteiger partial charge is 0.305 e. The van der Waals surface area contributed by atoms with Crippen LogP contribution in [0.2, 0.25) is 0 Å². The number of hydrogen-bond acceptors (Lipinski definition) is 1. The fourth-order valence-electron chi connectivity index (χ4n) is 0.731. The summed E-state index contributed by atoms with van der Waals surface area (Å²) in [6.07, 6.45) is 0. The highest BCUT2D eigenvalue weighted by atomic mass is 79.9. The Morgan fingerprint density at radius 1 is 1.42 bits per heavy atom. The average molecular weight is 270 g/mol. The quantitative estimate of drug-likeness (QED) is 0.662. The third kappa shape index (κ3) is 2.55. The van der Waals surface area contributed by atoms with E-state index in [1.54, 1.807) is 24.3 Å². The fraction of sp³-hybridized carbons (Fsp3) is 0.143. The van der Waals surface area contributed by atoms with Crippen molar-refractivity contribution in [2.45, 2.75) is 4.71 Å². The van der Waals surface area contributed by atoms with Gasteiger partial charge >= 0.3 is 0 Å². The molecule has 0 aromatic heterocycles. The number of hydrogen-bond donors (Lipinski definition) is 1. The molecule has 2 nitrogen and oxygen atoms in total. The van der Waals surface area contributed by atoms with Gasteiger partial charge in [-0.3, -0.25) is 0 Å². The summed E-state index contributed by atoms with van der Waals surface area (Å²) in [5.41, 5.74) is 0.640. The molecule has 66 valence electrons. The van der Waals surface area contributed by atoms with Crippen molar-refractivity contribution in [3.05, 3.63) is 34.3 Å². The van der Waals surface area contributed by atoms with Gasteiger partial charge in [-0.1, -0.05) is 28.1 Å². The molecule has 1 rings (SSSR count). The summed E-state index contributed by atoms with van der Waals surface area (Å²) in [7, 11) is 0. The normalized spacial score (nSPS) is 15.6. The van der Waals surface area contributed by atoms with Crippen LogP contribution in [0.5, 0.6) is 0 Å². The van der Waals surface area contributed by atoms with E-state index < -0.39 is 15.8 Å². The van der Waals surface area contributed by atoms with Gasteiger partial charge in [0.2, 0.25) is 0 Å². The SMILES string of the molecule is O=S(O)C(Cl)c1ccc(Br)cc1. The van der Waals surface area contributed by atoms with E-state index in [1.807, 2.05) is 0 Å². The Kier molecular flexibility index (Phi) is 3.71. The van der Waals surface area contributed by atoms with Crippen LogP contribution in [0.15, 0.2) is 28.7 Å². The van der Waals surface area contributed by atoms with Crippen molar-refractivity contribution in [2.75, 3.05) is 0 Å². The molecule has 1 N–H and O–H groups in total. The van der Waals surface area contributed by atoms with E-state index in [0.29, 0.717) is 5.56 Å². The smallest absolute Gasteiger partial charge is 0.176 e. The van der Waals surface area contributed by atoms with Gasteiger partial charge in [0.05, 0.1) is 0 Å². The number of rotatable bonds is 2. The lowest BCUT2D eigenvalue weighted by molar-refractivity contribution is 0.562. The van der Waals surface area contributed by atoms with Crippen molar-refractivity contribution in [1.82, 2.24) is 0 Å². The van der Waals surface area contributed by atoms with Crippen molar-refractivity contribution < 1.29 is 8.76 Å². The van der Waals surface area contributed by atoms with Gasteiger partial charge in [0, 0.05) is 4.47 Å². The van der Waals surface area contributed by atoms with Crippen LogP contribution in [0.4, 0.5) is 0 Å². The van der Waals surface area contributed by atoms with Crippen LogP contribution in [0.3, 0.4) is 0 Å². The summed E-state index contributed by atoms with van der Waals surface area (Å²) >= 11 is 6.86. The third-order valence-corrected chi connectivity index (χ3v) is 3.17. The summed E-state index contributed by atoms with van der Waals surface area (Å²) in [5, 5.41) is 0. The molecule has 1 aromatic carbocycles. The summed E-state index contributed by atoms with van der Waals surface area (Å²) in [6.45, 7) is 0. The number of halogens is 2. The fourth-order valence-corrected chi connectivity index (χ4v) is 1.53. The highest BCUT2D eigenvalue weighted by Crippen LogP contribution is 2.24. The summed E-state index contributed by atoms with van der Waals surface area (Å²) < 4.78 is 19.3. The van der Waals surface area contributed by atoms with Gasteiger partial charge in [-0.15, -0.1) is 11.6 Å². The average Bonchev–Trinajstić information content (AvgIpc) is 2.04. The Balaban J connectivity index is 2.89. The third-order valence-electron chi connectivity index (χ3n) is 1.31. The highest BCUT2D eigenvalue weighted by Gasteiger charge is 2.12. The van der Waals surface area contributed by atoms with Crippen LogP contribution in [0, 0.1) is 0 Å². The summed E-state index contributed by atoms with van der Waals surface area (Å²) in [4.78, 5) is 0. The summed E-state index contributed by atoms with van der Waals surface area (Å²) in [5.74, 6) is 0. The zero-order chi connectivity index (χ0) is 9.14. The molecule has 0 amide bonds. The van der Waals surface area contributed by atoms with Crippen LogP contribution in [0.25, 0.3) is 0 Å². The maximum absolute atomic E-state index is 10.6. The molecule has 12 heavy (non-hydrogen) atoms. The minimum atomic E-state index is -2.02. The monoisotopic (exact) mass is 268 g/mol. The van der Waals surface area contributed by atoms with Crippen molar-refractivity contribution in [2.24, 2.45) is 0 Å². The first-order valence-corrected chi connectivity index (χ1v) is 5.50. The lowest BCUT2D eigenvalue weighted by Gasteiger charge is -2.03. The molecule has 0 spiro atoms. The lowest BCUT2D eigenvalue weighted by Crippen LogP contribution is -1.97. The van der Waals surface area contributed by atoms with Gasteiger partial charge in [0.1, 0.15) is 0 Å². The molecule has 0 aliphatic heterocycles. The highest BCUT2D eigenvalue weighted by molar-refractivity contribution is 9.10. The van der Waals surface area contributed by atoms with Crippen molar-refractivity contribution in [3.63, 3.8) is 0 Å². The second kappa shape index (κ2) is 4.37. The Morgan fingerprint density at radius 3 is 2.33 bits per heavy atom. The van der Waals surface area contributed by atoms with E-state index in [4.69, 9.17) is 16.2 Å². The van der Waals surface area contributed by atoms with Crippen molar-refractivity contribution in [3.8, 4) is 0 Å². The molecule has 2 unspecified atom stereocenters. The van der Waals surface area contributed by atoms with Crippen molar-refractivity contribution >= 4 is 38.6 Å². The molecule has 0 aliphatic rings. The zero-order valence-corrected chi connectivity index (χ0v) is 9.06. The maximum Gasteiger partial charge on any atom is 0.176 e. The summed E-state index contributed by atoms with van der Waals surface area (Å²) in [6, 6.07) is 6.96. The second-order valence-electron chi connectivity index (χ2n) is 2.14. The van der Waals surface area contributed by atoms with Crippen LogP contribution < -0.4 is 0 Å². The molecule has 1 aromatic rings.